The largest absolute Gasteiger partial charge is 0.217 e. The molecule has 18 heavy (non-hydrogen) atoms. The van der Waals surface area contributed by atoms with Crippen LogP contribution in [0.25, 0.3) is 0 Å². The highest BCUT2D eigenvalue weighted by molar-refractivity contribution is 7.99. The molecule has 0 spiro atoms. The van der Waals surface area contributed by atoms with Crippen molar-refractivity contribution in [1.82, 2.24) is 20.2 Å². The first-order valence-corrected chi connectivity index (χ1v) is 6.24. The number of benzene rings is 1. The second kappa shape index (κ2) is 4.38. The zero-order valence-electron chi connectivity index (χ0n) is 9.25. The van der Waals surface area contributed by atoms with Crippen LogP contribution >= 0.6 is 11.8 Å². The first-order valence-electron chi connectivity index (χ1n) is 5.42. The van der Waals surface area contributed by atoms with E-state index in [9.17, 15) is 4.39 Å². The maximum Gasteiger partial charge on any atom is 0.214 e. The van der Waals surface area contributed by atoms with Crippen molar-refractivity contribution in [2.45, 2.75) is 28.9 Å². The van der Waals surface area contributed by atoms with E-state index >= 15 is 0 Å². The predicted molar refractivity (Wildman–Crippen MR) is 61.3 cm³/mol. The lowest BCUT2D eigenvalue weighted by molar-refractivity contribution is 0.565. The van der Waals surface area contributed by atoms with Crippen molar-refractivity contribution in [2.75, 3.05) is 0 Å². The fourth-order valence-corrected chi connectivity index (χ4v) is 2.52. The molecule has 1 aliphatic rings. The first-order chi connectivity index (χ1) is 8.76. The number of halogens is 1. The van der Waals surface area contributed by atoms with E-state index in [0.29, 0.717) is 21.7 Å². The Morgan fingerprint density at radius 2 is 2.22 bits per heavy atom. The number of hydrogen-bond acceptors (Lipinski definition) is 5. The Morgan fingerprint density at radius 3 is 2.94 bits per heavy atom. The van der Waals surface area contributed by atoms with Crippen molar-refractivity contribution in [3.63, 3.8) is 0 Å². The fraction of sp³-hybridized carbons (Fsp3) is 0.273. The summed E-state index contributed by atoms with van der Waals surface area (Å²) in [5, 5.41) is 20.9. The monoisotopic (exact) mass is 261 g/mol. The lowest BCUT2D eigenvalue weighted by atomic mass is 10.2. The molecule has 1 aromatic heterocycles. The average Bonchev–Trinajstić information content (AvgIpc) is 3.10. The van der Waals surface area contributed by atoms with Crippen LogP contribution in [0.2, 0.25) is 0 Å². The molecule has 0 aliphatic heterocycles. The summed E-state index contributed by atoms with van der Waals surface area (Å²) in [4.78, 5) is 0.628. The zero-order valence-corrected chi connectivity index (χ0v) is 10.1. The Bertz CT molecular complexity index is 629. The normalized spacial score (nSPS) is 14.4. The van der Waals surface area contributed by atoms with E-state index in [2.05, 4.69) is 15.5 Å². The van der Waals surface area contributed by atoms with Gasteiger partial charge >= 0.3 is 0 Å². The number of aromatic nitrogens is 4. The highest BCUT2D eigenvalue weighted by Crippen LogP contribution is 2.38. The molecule has 0 atom stereocenters. The average molecular weight is 261 g/mol. The predicted octanol–water partition coefficient (Wildman–Crippen LogP) is 2.17. The molecule has 3 rings (SSSR count). The molecule has 0 radical (unpaired) electrons. The number of nitriles is 1. The molecule has 90 valence electrons. The van der Waals surface area contributed by atoms with Gasteiger partial charge in [-0.1, -0.05) is 0 Å². The van der Waals surface area contributed by atoms with Gasteiger partial charge in [0.15, 0.2) is 0 Å². The van der Waals surface area contributed by atoms with Crippen LogP contribution in [0.4, 0.5) is 4.39 Å². The van der Waals surface area contributed by atoms with E-state index in [1.54, 1.807) is 10.7 Å². The third-order valence-corrected chi connectivity index (χ3v) is 3.49. The topological polar surface area (TPSA) is 67.4 Å². The second-order valence-corrected chi connectivity index (χ2v) is 5.07. The molecule has 0 unspecified atom stereocenters. The number of tetrazole rings is 1. The summed E-state index contributed by atoms with van der Waals surface area (Å²) in [5.41, 5.74) is 0.294. The smallest absolute Gasteiger partial charge is 0.214 e. The number of nitrogens with zero attached hydrogens (tertiary/aromatic N) is 5. The Kier molecular flexibility index (Phi) is 2.72. The molecule has 1 saturated carbocycles. The van der Waals surface area contributed by atoms with E-state index in [0.717, 1.165) is 12.8 Å². The van der Waals surface area contributed by atoms with Crippen LogP contribution in [-0.2, 0) is 0 Å². The van der Waals surface area contributed by atoms with Crippen molar-refractivity contribution in [3.05, 3.63) is 29.6 Å². The van der Waals surface area contributed by atoms with Crippen LogP contribution < -0.4 is 0 Å². The highest BCUT2D eigenvalue weighted by Gasteiger charge is 2.28. The van der Waals surface area contributed by atoms with E-state index in [-0.39, 0.29) is 0 Å². The van der Waals surface area contributed by atoms with Crippen molar-refractivity contribution < 1.29 is 4.39 Å². The first kappa shape index (κ1) is 11.2. The molecule has 7 heteroatoms. The van der Waals surface area contributed by atoms with Crippen LogP contribution in [0.3, 0.4) is 0 Å². The summed E-state index contributed by atoms with van der Waals surface area (Å²) in [5.74, 6) is -0.429. The van der Waals surface area contributed by atoms with Crippen molar-refractivity contribution in [3.8, 4) is 6.07 Å². The Balaban J connectivity index is 1.90. The molecule has 0 saturated heterocycles. The van der Waals surface area contributed by atoms with Crippen LogP contribution in [0.5, 0.6) is 0 Å². The van der Waals surface area contributed by atoms with Gasteiger partial charge in [-0.05, 0) is 53.2 Å². The summed E-state index contributed by atoms with van der Waals surface area (Å²) in [7, 11) is 0. The van der Waals surface area contributed by atoms with Gasteiger partial charge in [-0.15, -0.1) is 5.10 Å². The molecule has 2 aromatic rings. The maximum atomic E-state index is 13.3. The SMILES string of the molecule is N#Cc1cc(F)cc(Sc2nnnn2C2CC2)c1. The zero-order chi connectivity index (χ0) is 12.5. The Morgan fingerprint density at radius 1 is 1.39 bits per heavy atom. The van der Waals surface area contributed by atoms with Crippen LogP contribution in [0.15, 0.2) is 28.3 Å². The van der Waals surface area contributed by atoms with E-state index < -0.39 is 5.82 Å². The van der Waals surface area contributed by atoms with Crippen LogP contribution in [-0.4, -0.2) is 20.2 Å². The van der Waals surface area contributed by atoms with Gasteiger partial charge in [0.1, 0.15) is 5.82 Å². The summed E-state index contributed by atoms with van der Waals surface area (Å²) in [6.07, 6.45) is 2.15. The van der Waals surface area contributed by atoms with Gasteiger partial charge in [0.05, 0.1) is 17.7 Å². The van der Waals surface area contributed by atoms with Gasteiger partial charge < -0.3 is 0 Å². The molecular formula is C11H8FN5S. The van der Waals surface area contributed by atoms with E-state index in [1.165, 1.54) is 23.9 Å². The maximum absolute atomic E-state index is 13.3. The molecule has 1 aliphatic carbocycles. The van der Waals surface area contributed by atoms with Gasteiger partial charge in [0.25, 0.3) is 0 Å². The van der Waals surface area contributed by atoms with Gasteiger partial charge in [-0.25, -0.2) is 9.07 Å². The van der Waals surface area contributed by atoms with E-state index in [4.69, 9.17) is 5.26 Å². The van der Waals surface area contributed by atoms with Crippen molar-refractivity contribution in [2.24, 2.45) is 0 Å². The Labute approximate surface area is 107 Å². The second-order valence-electron chi connectivity index (χ2n) is 4.03. The molecule has 1 aromatic carbocycles. The lowest BCUT2D eigenvalue weighted by Gasteiger charge is -2.02. The fourth-order valence-electron chi connectivity index (χ4n) is 1.59. The van der Waals surface area contributed by atoms with Gasteiger partial charge in [-0.3, -0.25) is 0 Å². The molecular weight excluding hydrogens is 253 g/mol. The molecule has 1 fully saturated rings. The third kappa shape index (κ3) is 2.19. The summed E-state index contributed by atoms with van der Waals surface area (Å²) < 4.78 is 15.0. The summed E-state index contributed by atoms with van der Waals surface area (Å²) in [6, 6.07) is 6.49. The molecule has 0 amide bonds. The standard InChI is InChI=1S/C11H8FN5S/c12-8-3-7(6-13)4-10(5-8)18-11-14-15-16-17(11)9-1-2-9/h3-5,9H,1-2H2. The minimum Gasteiger partial charge on any atom is -0.217 e. The minimum absolute atomic E-state index is 0.294. The highest BCUT2D eigenvalue weighted by atomic mass is 32.2. The third-order valence-electron chi connectivity index (χ3n) is 2.56. The summed E-state index contributed by atoms with van der Waals surface area (Å²) in [6.45, 7) is 0. The Hall–Kier alpha value is -1.94. The van der Waals surface area contributed by atoms with E-state index in [1.807, 2.05) is 6.07 Å². The van der Waals surface area contributed by atoms with Gasteiger partial charge in [0, 0.05) is 4.90 Å². The number of hydrogen-bond donors (Lipinski definition) is 0. The molecule has 0 N–H and O–H groups in total. The molecule has 5 nitrogen and oxygen atoms in total. The number of rotatable bonds is 3. The van der Waals surface area contributed by atoms with Crippen LogP contribution in [0, 0.1) is 17.1 Å². The van der Waals surface area contributed by atoms with Gasteiger partial charge in [0.2, 0.25) is 5.16 Å². The lowest BCUT2D eigenvalue weighted by Crippen LogP contribution is -1.98. The van der Waals surface area contributed by atoms with Gasteiger partial charge in [-0.2, -0.15) is 5.26 Å². The summed E-state index contributed by atoms with van der Waals surface area (Å²) >= 11 is 1.27. The minimum atomic E-state index is -0.429. The van der Waals surface area contributed by atoms with Crippen LogP contribution in [0.1, 0.15) is 24.4 Å². The van der Waals surface area contributed by atoms with Crippen molar-refractivity contribution >= 4 is 11.8 Å². The molecule has 0 bridgehead atoms. The molecule has 1 heterocycles. The quantitative estimate of drug-likeness (QED) is 0.847. The van der Waals surface area contributed by atoms with Crippen molar-refractivity contribution in [1.29, 1.82) is 5.26 Å².